The molecule has 0 spiro atoms. The topological polar surface area (TPSA) is 30.2 Å². The number of alkyl halides is 2. The van der Waals surface area contributed by atoms with Crippen LogP contribution in [0.25, 0.3) is 16.8 Å². The highest BCUT2D eigenvalue weighted by Gasteiger charge is 2.56. The molecule has 7 heteroatoms. The SMILES string of the molecule is Fc1cccc(-c2ccn3c(CC4CC4(F)F)nnc3c2Cl)c1. The number of benzene rings is 1. The molecule has 0 amide bonds. The number of aromatic nitrogens is 3. The Morgan fingerprint density at radius 1 is 1.26 bits per heavy atom. The Kier molecular flexibility index (Phi) is 3.13. The molecule has 1 fully saturated rings. The van der Waals surface area contributed by atoms with Crippen molar-refractivity contribution in [2.45, 2.75) is 18.8 Å². The van der Waals surface area contributed by atoms with Crippen LogP contribution in [0, 0.1) is 11.7 Å². The second-order valence-electron chi connectivity index (χ2n) is 5.73. The predicted octanol–water partition coefficient (Wildman–Crippen LogP) is 4.39. The first-order valence-electron chi connectivity index (χ1n) is 7.11. The van der Waals surface area contributed by atoms with Gasteiger partial charge >= 0.3 is 0 Å². The van der Waals surface area contributed by atoms with Crippen molar-refractivity contribution in [3.05, 3.63) is 53.2 Å². The van der Waals surface area contributed by atoms with Gasteiger partial charge in [0.1, 0.15) is 11.6 Å². The van der Waals surface area contributed by atoms with Gasteiger partial charge in [0.25, 0.3) is 5.92 Å². The van der Waals surface area contributed by atoms with Crippen LogP contribution in [0.5, 0.6) is 0 Å². The summed E-state index contributed by atoms with van der Waals surface area (Å²) in [4.78, 5) is 0. The zero-order valence-electron chi connectivity index (χ0n) is 11.8. The average Bonchev–Trinajstić information content (AvgIpc) is 2.92. The molecule has 23 heavy (non-hydrogen) atoms. The molecule has 118 valence electrons. The summed E-state index contributed by atoms with van der Waals surface area (Å²) in [6, 6.07) is 7.76. The predicted molar refractivity (Wildman–Crippen MR) is 80.1 cm³/mol. The molecular formula is C16H11ClF3N3. The van der Waals surface area contributed by atoms with E-state index in [0.29, 0.717) is 27.6 Å². The Hall–Kier alpha value is -2.08. The van der Waals surface area contributed by atoms with Crippen molar-refractivity contribution >= 4 is 17.2 Å². The van der Waals surface area contributed by atoms with Gasteiger partial charge in [-0.3, -0.25) is 4.40 Å². The van der Waals surface area contributed by atoms with Crippen molar-refractivity contribution in [3.8, 4) is 11.1 Å². The highest BCUT2D eigenvalue weighted by atomic mass is 35.5. The van der Waals surface area contributed by atoms with Crippen molar-refractivity contribution in [2.75, 3.05) is 0 Å². The molecule has 0 N–H and O–H groups in total. The molecule has 0 aliphatic heterocycles. The lowest BCUT2D eigenvalue weighted by Gasteiger charge is -2.07. The molecule has 4 rings (SSSR count). The molecule has 0 radical (unpaired) electrons. The number of nitrogens with zero attached hydrogens (tertiary/aromatic N) is 3. The van der Waals surface area contributed by atoms with E-state index in [4.69, 9.17) is 11.6 Å². The summed E-state index contributed by atoms with van der Waals surface area (Å²) in [5.41, 5.74) is 1.62. The Morgan fingerprint density at radius 2 is 2.04 bits per heavy atom. The van der Waals surface area contributed by atoms with Gasteiger partial charge in [-0.15, -0.1) is 10.2 Å². The minimum atomic E-state index is -2.60. The highest BCUT2D eigenvalue weighted by molar-refractivity contribution is 6.36. The fourth-order valence-corrected chi connectivity index (χ4v) is 3.00. The monoisotopic (exact) mass is 337 g/mol. The molecule has 1 aliphatic carbocycles. The number of pyridine rings is 1. The molecule has 1 atom stereocenters. The molecule has 2 aromatic heterocycles. The maximum atomic E-state index is 13.4. The van der Waals surface area contributed by atoms with Gasteiger partial charge in [0.2, 0.25) is 0 Å². The number of hydrogen-bond donors (Lipinski definition) is 0. The normalized spacial score (nSPS) is 19.2. The van der Waals surface area contributed by atoms with E-state index in [-0.39, 0.29) is 18.7 Å². The van der Waals surface area contributed by atoms with Crippen LogP contribution in [-0.2, 0) is 6.42 Å². The van der Waals surface area contributed by atoms with Crippen LogP contribution in [0.15, 0.2) is 36.5 Å². The van der Waals surface area contributed by atoms with Gasteiger partial charge in [-0.05, 0) is 23.8 Å². The number of rotatable bonds is 3. The Balaban J connectivity index is 1.75. The molecule has 0 saturated heterocycles. The molecule has 1 unspecified atom stereocenters. The van der Waals surface area contributed by atoms with Gasteiger partial charge < -0.3 is 0 Å². The minimum Gasteiger partial charge on any atom is -0.285 e. The quantitative estimate of drug-likeness (QED) is 0.709. The van der Waals surface area contributed by atoms with E-state index in [9.17, 15) is 13.2 Å². The first-order chi connectivity index (χ1) is 11.0. The molecule has 3 nitrogen and oxygen atoms in total. The summed E-state index contributed by atoms with van der Waals surface area (Å²) >= 11 is 6.36. The van der Waals surface area contributed by atoms with Crippen molar-refractivity contribution in [1.82, 2.24) is 14.6 Å². The smallest absolute Gasteiger partial charge is 0.252 e. The average molecular weight is 338 g/mol. The van der Waals surface area contributed by atoms with Crippen LogP contribution in [-0.4, -0.2) is 20.5 Å². The summed E-state index contributed by atoms with van der Waals surface area (Å²) < 4.78 is 41.1. The van der Waals surface area contributed by atoms with Crippen molar-refractivity contribution in [1.29, 1.82) is 0 Å². The number of hydrogen-bond acceptors (Lipinski definition) is 2. The number of halogens is 4. The van der Waals surface area contributed by atoms with Gasteiger partial charge in [-0.25, -0.2) is 13.2 Å². The summed E-state index contributed by atoms with van der Waals surface area (Å²) in [6.07, 6.45) is 1.72. The lowest BCUT2D eigenvalue weighted by Crippen LogP contribution is -2.02. The second kappa shape index (κ2) is 4.96. The third-order valence-corrected chi connectivity index (χ3v) is 4.48. The van der Waals surface area contributed by atoms with E-state index in [2.05, 4.69) is 10.2 Å². The summed E-state index contributed by atoms with van der Waals surface area (Å²) in [5, 5.41) is 8.29. The van der Waals surface area contributed by atoms with Gasteiger partial charge in [-0.1, -0.05) is 23.7 Å². The van der Waals surface area contributed by atoms with Crippen LogP contribution < -0.4 is 0 Å². The molecule has 0 bridgehead atoms. The lowest BCUT2D eigenvalue weighted by molar-refractivity contribution is 0.0984. The van der Waals surface area contributed by atoms with Crippen molar-refractivity contribution in [3.63, 3.8) is 0 Å². The fourth-order valence-electron chi connectivity index (χ4n) is 2.70. The van der Waals surface area contributed by atoms with E-state index >= 15 is 0 Å². The molecular weight excluding hydrogens is 327 g/mol. The zero-order valence-corrected chi connectivity index (χ0v) is 12.6. The largest absolute Gasteiger partial charge is 0.285 e. The Labute approximate surface area is 134 Å². The van der Waals surface area contributed by atoms with Gasteiger partial charge in [0.05, 0.1) is 5.02 Å². The van der Waals surface area contributed by atoms with E-state index in [1.165, 1.54) is 12.1 Å². The summed E-state index contributed by atoms with van der Waals surface area (Å²) in [5.74, 6) is -3.19. The Bertz CT molecular complexity index is 907. The first-order valence-corrected chi connectivity index (χ1v) is 7.49. The van der Waals surface area contributed by atoms with Crippen LogP contribution in [0.2, 0.25) is 5.02 Å². The van der Waals surface area contributed by atoms with Gasteiger partial charge in [-0.2, -0.15) is 0 Å². The van der Waals surface area contributed by atoms with E-state index in [0.717, 1.165) is 0 Å². The maximum Gasteiger partial charge on any atom is 0.252 e. The van der Waals surface area contributed by atoms with Crippen molar-refractivity contribution in [2.24, 2.45) is 5.92 Å². The minimum absolute atomic E-state index is 0.114. The van der Waals surface area contributed by atoms with Gasteiger partial charge in [0.15, 0.2) is 5.65 Å². The standard InChI is InChI=1S/C16H11ClF3N3/c17-14-12(9-2-1-3-11(18)6-9)4-5-23-13(21-22-15(14)23)7-10-8-16(10,19)20/h1-6,10H,7-8H2. The van der Waals surface area contributed by atoms with Crippen LogP contribution in [0.1, 0.15) is 12.2 Å². The van der Waals surface area contributed by atoms with E-state index in [1.807, 2.05) is 0 Å². The molecule has 2 heterocycles. The third-order valence-electron chi connectivity index (χ3n) is 4.11. The fraction of sp³-hybridized carbons (Fsp3) is 0.250. The van der Waals surface area contributed by atoms with Crippen LogP contribution in [0.4, 0.5) is 13.2 Å². The van der Waals surface area contributed by atoms with Crippen LogP contribution >= 0.6 is 11.6 Å². The summed E-state index contributed by atoms with van der Waals surface area (Å²) in [7, 11) is 0. The van der Waals surface area contributed by atoms with E-state index in [1.54, 1.807) is 28.8 Å². The molecule has 1 aliphatic rings. The Morgan fingerprint density at radius 3 is 2.74 bits per heavy atom. The van der Waals surface area contributed by atoms with Crippen molar-refractivity contribution < 1.29 is 13.2 Å². The lowest BCUT2D eigenvalue weighted by atomic mass is 10.1. The molecule has 3 aromatic rings. The number of fused-ring (bicyclic) bond motifs is 1. The third kappa shape index (κ3) is 2.47. The molecule has 1 aromatic carbocycles. The maximum absolute atomic E-state index is 13.4. The first kappa shape index (κ1) is 14.5. The van der Waals surface area contributed by atoms with E-state index < -0.39 is 11.8 Å². The van der Waals surface area contributed by atoms with Gasteiger partial charge in [0, 0.05) is 30.5 Å². The highest BCUT2D eigenvalue weighted by Crippen LogP contribution is 2.50. The van der Waals surface area contributed by atoms with Crippen LogP contribution in [0.3, 0.4) is 0 Å². The second-order valence-corrected chi connectivity index (χ2v) is 6.11. The zero-order chi connectivity index (χ0) is 16.2. The summed E-state index contributed by atoms with van der Waals surface area (Å²) in [6.45, 7) is 0. The molecule has 1 saturated carbocycles.